The van der Waals surface area contributed by atoms with Crippen molar-refractivity contribution < 1.29 is 18.3 Å². The number of carboxylic acid groups (broad SMARTS) is 1. The van der Waals surface area contributed by atoms with Gasteiger partial charge >= 0.3 is 5.97 Å². The van der Waals surface area contributed by atoms with Crippen LogP contribution in [0.15, 0.2) is 29.2 Å². The fourth-order valence-electron chi connectivity index (χ4n) is 1.90. The molecule has 0 aromatic heterocycles. The highest BCUT2D eigenvalue weighted by molar-refractivity contribution is 7.99. The molecule has 2 N–H and O–H groups in total. The predicted octanol–water partition coefficient (Wildman–Crippen LogP) is 1.62. The van der Waals surface area contributed by atoms with Gasteiger partial charge < -0.3 is 5.11 Å². The van der Waals surface area contributed by atoms with Crippen molar-refractivity contribution in [3.8, 4) is 0 Å². The topological polar surface area (TPSA) is 83.5 Å². The minimum absolute atomic E-state index is 0.343. The first kappa shape index (κ1) is 14.4. The number of rotatable bonds is 4. The summed E-state index contributed by atoms with van der Waals surface area (Å²) >= 11 is 1.68. The van der Waals surface area contributed by atoms with Gasteiger partial charge in [0.05, 0.1) is 0 Å². The number of carbonyl (C=O) groups is 1. The van der Waals surface area contributed by atoms with Crippen LogP contribution in [-0.4, -0.2) is 30.5 Å². The largest absolute Gasteiger partial charge is 0.480 e. The number of nitrogens with one attached hydrogen (secondary N) is 1. The fourth-order valence-corrected chi connectivity index (χ4v) is 4.13. The van der Waals surface area contributed by atoms with Crippen molar-refractivity contribution in [1.29, 1.82) is 0 Å². The van der Waals surface area contributed by atoms with Gasteiger partial charge in [-0.3, -0.25) is 4.79 Å². The van der Waals surface area contributed by atoms with Crippen LogP contribution in [0, 0.1) is 0 Å². The van der Waals surface area contributed by atoms with E-state index in [1.165, 1.54) is 6.92 Å². The zero-order valence-corrected chi connectivity index (χ0v) is 12.0. The van der Waals surface area contributed by atoms with Gasteiger partial charge in [0.1, 0.15) is 0 Å². The predicted molar refractivity (Wildman–Crippen MR) is 73.7 cm³/mol. The van der Waals surface area contributed by atoms with Crippen molar-refractivity contribution in [2.24, 2.45) is 0 Å². The summed E-state index contributed by atoms with van der Waals surface area (Å²) in [5.74, 6) is -0.531. The molecule has 19 heavy (non-hydrogen) atoms. The van der Waals surface area contributed by atoms with Gasteiger partial charge in [0, 0.05) is 10.9 Å². The molecule has 1 aliphatic heterocycles. The highest BCUT2D eigenvalue weighted by Gasteiger charge is 2.32. The van der Waals surface area contributed by atoms with Gasteiger partial charge in [-0.15, -0.1) is 11.8 Å². The molecule has 2 rings (SSSR count). The normalized spacial score (nSPS) is 20.6. The zero-order valence-electron chi connectivity index (χ0n) is 10.4. The van der Waals surface area contributed by atoms with E-state index in [9.17, 15) is 13.2 Å². The van der Waals surface area contributed by atoms with Crippen molar-refractivity contribution in [3.63, 3.8) is 0 Å². The monoisotopic (exact) mass is 301 g/mol. The third-order valence-corrected chi connectivity index (χ3v) is 5.95. The van der Waals surface area contributed by atoms with Crippen molar-refractivity contribution in [3.05, 3.63) is 29.8 Å². The molecule has 2 unspecified atom stereocenters. The quantitative estimate of drug-likeness (QED) is 0.883. The second kappa shape index (κ2) is 5.52. The summed E-state index contributed by atoms with van der Waals surface area (Å²) in [7, 11) is -3.86. The summed E-state index contributed by atoms with van der Waals surface area (Å²) in [6.45, 7) is 1.17. The van der Waals surface area contributed by atoms with Gasteiger partial charge in [-0.1, -0.05) is 18.2 Å². The van der Waals surface area contributed by atoms with Crippen LogP contribution in [-0.2, 0) is 14.8 Å². The van der Waals surface area contributed by atoms with Crippen LogP contribution in [0.3, 0.4) is 0 Å². The lowest BCUT2D eigenvalue weighted by atomic mass is 10.1. The lowest BCUT2D eigenvalue weighted by Gasteiger charge is -2.26. The smallest absolute Gasteiger partial charge is 0.323 e. The highest BCUT2D eigenvalue weighted by atomic mass is 32.2. The van der Waals surface area contributed by atoms with E-state index in [4.69, 9.17) is 5.11 Å². The number of benzene rings is 1. The molecule has 5 nitrogen and oxygen atoms in total. The standard InChI is InChI=1S/C12H15NO4S2/c1-8(12(14)15)19(16,17)13-10-6-7-18-11-5-3-2-4-9(10)11/h2-5,8,10,13H,6-7H2,1H3,(H,14,15). The van der Waals surface area contributed by atoms with Crippen LogP contribution >= 0.6 is 11.8 Å². The fraction of sp³-hybridized carbons (Fsp3) is 0.417. The molecule has 0 radical (unpaired) electrons. The van der Waals surface area contributed by atoms with Gasteiger partial charge in [-0.05, 0) is 30.7 Å². The summed E-state index contributed by atoms with van der Waals surface area (Å²) in [5.41, 5.74) is 0.917. The van der Waals surface area contributed by atoms with E-state index >= 15 is 0 Å². The zero-order chi connectivity index (χ0) is 14.0. The molecule has 0 saturated carbocycles. The molecular weight excluding hydrogens is 286 g/mol. The van der Waals surface area contributed by atoms with Gasteiger partial charge in [0.15, 0.2) is 5.25 Å². The Bertz CT molecular complexity index is 585. The van der Waals surface area contributed by atoms with E-state index in [0.29, 0.717) is 6.42 Å². The number of carboxylic acids is 1. The second-order valence-electron chi connectivity index (χ2n) is 4.37. The summed E-state index contributed by atoms with van der Waals surface area (Å²) in [6, 6.07) is 7.24. The third-order valence-electron chi connectivity index (χ3n) is 3.08. The van der Waals surface area contributed by atoms with Gasteiger partial charge in [-0.25, -0.2) is 13.1 Å². The number of fused-ring (bicyclic) bond motifs is 1. The molecule has 104 valence electrons. The highest BCUT2D eigenvalue weighted by Crippen LogP contribution is 2.36. The second-order valence-corrected chi connectivity index (χ2v) is 7.54. The van der Waals surface area contributed by atoms with E-state index in [1.54, 1.807) is 11.8 Å². The van der Waals surface area contributed by atoms with E-state index in [0.717, 1.165) is 16.2 Å². The Balaban J connectivity index is 2.24. The number of sulfonamides is 1. The van der Waals surface area contributed by atoms with Crippen LogP contribution in [0.5, 0.6) is 0 Å². The van der Waals surface area contributed by atoms with Crippen molar-refractivity contribution in [2.75, 3.05) is 5.75 Å². The molecule has 0 saturated heterocycles. The Labute approximate surface area is 116 Å². The Kier molecular flexibility index (Phi) is 4.17. The van der Waals surface area contributed by atoms with Crippen LogP contribution in [0.2, 0.25) is 0 Å². The molecule has 2 atom stereocenters. The number of aliphatic carboxylic acids is 1. The average Bonchev–Trinajstić information content (AvgIpc) is 2.38. The summed E-state index contributed by atoms with van der Waals surface area (Å²) in [4.78, 5) is 11.9. The van der Waals surface area contributed by atoms with Crippen LogP contribution < -0.4 is 4.72 Å². The molecule has 1 aromatic carbocycles. The van der Waals surface area contributed by atoms with Crippen molar-refractivity contribution >= 4 is 27.8 Å². The molecule has 1 aromatic rings. The molecule has 0 fully saturated rings. The minimum Gasteiger partial charge on any atom is -0.480 e. The molecule has 0 aliphatic carbocycles. The summed E-state index contributed by atoms with van der Waals surface area (Å²) in [5, 5.41) is 7.37. The lowest BCUT2D eigenvalue weighted by molar-refractivity contribution is -0.136. The summed E-state index contributed by atoms with van der Waals surface area (Å²) < 4.78 is 26.4. The Hall–Kier alpha value is -1.05. The van der Waals surface area contributed by atoms with E-state index in [1.807, 2.05) is 24.3 Å². The van der Waals surface area contributed by atoms with E-state index in [2.05, 4.69) is 4.72 Å². The maximum absolute atomic E-state index is 12.0. The first-order chi connectivity index (χ1) is 8.92. The first-order valence-electron chi connectivity index (χ1n) is 5.87. The number of hydrogen-bond donors (Lipinski definition) is 2. The molecule has 0 amide bonds. The minimum atomic E-state index is -3.86. The maximum atomic E-state index is 12.0. The number of hydrogen-bond acceptors (Lipinski definition) is 4. The van der Waals surface area contributed by atoms with Crippen molar-refractivity contribution in [1.82, 2.24) is 4.72 Å². The Morgan fingerprint density at radius 3 is 2.84 bits per heavy atom. The van der Waals surface area contributed by atoms with Crippen LogP contribution in [0.1, 0.15) is 24.9 Å². The summed E-state index contributed by atoms with van der Waals surface area (Å²) in [6.07, 6.45) is 0.660. The van der Waals surface area contributed by atoms with Gasteiger partial charge in [0.25, 0.3) is 0 Å². The first-order valence-corrected chi connectivity index (χ1v) is 8.40. The maximum Gasteiger partial charge on any atom is 0.323 e. The van der Waals surface area contributed by atoms with Gasteiger partial charge in [0.2, 0.25) is 10.0 Å². The molecular formula is C12H15NO4S2. The van der Waals surface area contributed by atoms with Crippen molar-refractivity contribution in [2.45, 2.75) is 29.5 Å². The molecule has 0 bridgehead atoms. The van der Waals surface area contributed by atoms with E-state index < -0.39 is 21.2 Å². The Morgan fingerprint density at radius 2 is 2.16 bits per heavy atom. The van der Waals surface area contributed by atoms with Crippen LogP contribution in [0.4, 0.5) is 0 Å². The Morgan fingerprint density at radius 1 is 1.47 bits per heavy atom. The van der Waals surface area contributed by atoms with Gasteiger partial charge in [-0.2, -0.15) is 0 Å². The number of thioether (sulfide) groups is 1. The molecule has 1 heterocycles. The molecule has 0 spiro atoms. The average molecular weight is 301 g/mol. The van der Waals surface area contributed by atoms with Crippen LogP contribution in [0.25, 0.3) is 0 Å². The van der Waals surface area contributed by atoms with E-state index in [-0.39, 0.29) is 6.04 Å². The molecule has 1 aliphatic rings. The molecule has 7 heteroatoms. The lowest BCUT2D eigenvalue weighted by Crippen LogP contribution is -2.40. The third kappa shape index (κ3) is 3.10. The SMILES string of the molecule is CC(C(=O)O)S(=O)(=O)NC1CCSc2ccccc21.